The summed E-state index contributed by atoms with van der Waals surface area (Å²) in [5.41, 5.74) is 0.379. The number of thiophene rings is 1. The van der Waals surface area contributed by atoms with E-state index in [4.69, 9.17) is 23.2 Å². The molecule has 8 nitrogen and oxygen atoms in total. The number of nitro benzene ring substituents is 1. The van der Waals surface area contributed by atoms with Gasteiger partial charge in [0.2, 0.25) is 0 Å². The van der Waals surface area contributed by atoms with Crippen molar-refractivity contribution in [3.05, 3.63) is 53.4 Å². The van der Waals surface area contributed by atoms with Gasteiger partial charge < -0.3 is 9.30 Å². The Morgan fingerprint density at radius 1 is 1.30 bits per heavy atom. The number of benzene rings is 1. The minimum atomic E-state index is -0.636. The van der Waals surface area contributed by atoms with E-state index in [0.717, 1.165) is 22.7 Å². The Labute approximate surface area is 169 Å². The summed E-state index contributed by atoms with van der Waals surface area (Å²) < 4.78 is 7.21. The molecule has 3 aromatic rings. The van der Waals surface area contributed by atoms with Gasteiger partial charge in [-0.3, -0.25) is 19.7 Å². The number of carbonyl (C=O) groups is 2. The molecule has 0 aliphatic rings. The van der Waals surface area contributed by atoms with Gasteiger partial charge in [-0.05, 0) is 12.1 Å². The van der Waals surface area contributed by atoms with E-state index in [2.05, 4.69) is 9.73 Å². The average Bonchev–Trinajstić information content (AvgIpc) is 3.13. The zero-order valence-electron chi connectivity index (χ0n) is 13.5. The van der Waals surface area contributed by atoms with Crippen molar-refractivity contribution in [2.24, 2.45) is 4.99 Å². The molecule has 1 aromatic carbocycles. The first-order valence-corrected chi connectivity index (χ1v) is 9.57. The van der Waals surface area contributed by atoms with Gasteiger partial charge in [0.15, 0.2) is 4.80 Å². The maximum Gasteiger partial charge on any atom is 0.325 e. The van der Waals surface area contributed by atoms with Crippen molar-refractivity contribution in [1.29, 1.82) is 0 Å². The van der Waals surface area contributed by atoms with E-state index in [1.807, 2.05) is 0 Å². The number of halogens is 2. The lowest BCUT2D eigenvalue weighted by Crippen LogP contribution is -2.22. The van der Waals surface area contributed by atoms with Crippen LogP contribution in [0, 0.1) is 10.1 Å². The highest BCUT2D eigenvalue weighted by Gasteiger charge is 2.17. The number of amides is 1. The van der Waals surface area contributed by atoms with Crippen LogP contribution in [-0.4, -0.2) is 28.5 Å². The van der Waals surface area contributed by atoms with E-state index in [0.29, 0.717) is 14.6 Å². The molecule has 3 rings (SSSR count). The van der Waals surface area contributed by atoms with Crippen LogP contribution in [0.15, 0.2) is 29.3 Å². The quantitative estimate of drug-likeness (QED) is 0.344. The van der Waals surface area contributed by atoms with E-state index < -0.39 is 16.8 Å². The molecule has 12 heteroatoms. The molecule has 0 saturated heterocycles. The summed E-state index contributed by atoms with van der Waals surface area (Å²) in [7, 11) is 1.22. The van der Waals surface area contributed by atoms with Gasteiger partial charge in [-0.25, -0.2) is 0 Å². The number of thiazole rings is 1. The summed E-state index contributed by atoms with van der Waals surface area (Å²) >= 11 is 14.0. The first-order valence-electron chi connectivity index (χ1n) is 7.18. The predicted molar refractivity (Wildman–Crippen MR) is 103 cm³/mol. The van der Waals surface area contributed by atoms with E-state index in [9.17, 15) is 19.7 Å². The molecule has 0 aliphatic carbocycles. The fourth-order valence-electron chi connectivity index (χ4n) is 2.24. The lowest BCUT2D eigenvalue weighted by molar-refractivity contribution is -0.384. The number of methoxy groups -OCH3 is 1. The van der Waals surface area contributed by atoms with Crippen molar-refractivity contribution < 1.29 is 19.2 Å². The molecule has 2 aromatic heterocycles. The Bertz CT molecular complexity index is 1150. The van der Waals surface area contributed by atoms with Crippen LogP contribution in [0.25, 0.3) is 10.2 Å². The summed E-state index contributed by atoms with van der Waals surface area (Å²) in [4.78, 5) is 39.0. The fourth-order valence-corrected chi connectivity index (χ4v) is 4.69. The minimum absolute atomic E-state index is 0.139. The Kier molecular flexibility index (Phi) is 5.61. The highest BCUT2D eigenvalue weighted by Crippen LogP contribution is 2.31. The number of ether oxygens (including phenoxy) is 1. The molecule has 0 bridgehead atoms. The van der Waals surface area contributed by atoms with Crippen molar-refractivity contribution in [3.8, 4) is 0 Å². The highest BCUT2D eigenvalue weighted by molar-refractivity contribution is 7.20. The van der Waals surface area contributed by atoms with Crippen molar-refractivity contribution in [1.82, 2.24) is 4.57 Å². The number of carbonyl (C=O) groups excluding carboxylic acids is 2. The number of fused-ring (bicyclic) bond motifs is 1. The van der Waals surface area contributed by atoms with E-state index in [-0.39, 0.29) is 26.9 Å². The molecule has 0 saturated carbocycles. The van der Waals surface area contributed by atoms with Crippen LogP contribution in [0.2, 0.25) is 8.67 Å². The maximum absolute atomic E-state index is 12.5. The number of nitrogens with zero attached hydrogens (tertiary/aromatic N) is 3. The van der Waals surface area contributed by atoms with Crippen molar-refractivity contribution in [3.63, 3.8) is 0 Å². The van der Waals surface area contributed by atoms with Crippen molar-refractivity contribution in [2.45, 2.75) is 6.54 Å². The smallest absolute Gasteiger partial charge is 0.325 e. The number of hydrogen-bond donors (Lipinski definition) is 0. The second-order valence-corrected chi connectivity index (χ2v) is 8.41. The average molecular weight is 446 g/mol. The van der Waals surface area contributed by atoms with Gasteiger partial charge in [-0.15, -0.1) is 11.3 Å². The molecule has 140 valence electrons. The summed E-state index contributed by atoms with van der Waals surface area (Å²) in [6, 6.07) is 5.59. The summed E-state index contributed by atoms with van der Waals surface area (Å²) in [6.07, 6.45) is 0. The second kappa shape index (κ2) is 7.77. The normalized spacial score (nSPS) is 11.7. The molecular formula is C15H9Cl2N3O5S2. The number of rotatable bonds is 4. The van der Waals surface area contributed by atoms with Gasteiger partial charge in [0.25, 0.3) is 11.6 Å². The van der Waals surface area contributed by atoms with Crippen molar-refractivity contribution in [2.75, 3.05) is 7.11 Å². The molecule has 0 atom stereocenters. The van der Waals surface area contributed by atoms with Gasteiger partial charge in [0, 0.05) is 12.1 Å². The lowest BCUT2D eigenvalue weighted by Gasteiger charge is -2.03. The van der Waals surface area contributed by atoms with Crippen LogP contribution in [0.5, 0.6) is 0 Å². The third-order valence-corrected chi connectivity index (χ3v) is 6.02. The number of aromatic nitrogens is 1. The zero-order valence-corrected chi connectivity index (χ0v) is 16.6. The molecule has 2 heterocycles. The van der Waals surface area contributed by atoms with E-state index >= 15 is 0 Å². The largest absolute Gasteiger partial charge is 0.468 e. The maximum atomic E-state index is 12.5. The Morgan fingerprint density at radius 3 is 2.63 bits per heavy atom. The Hall–Kier alpha value is -2.27. The van der Waals surface area contributed by atoms with E-state index in [1.54, 1.807) is 0 Å². The monoisotopic (exact) mass is 445 g/mol. The van der Waals surface area contributed by atoms with Crippen LogP contribution in [0.4, 0.5) is 5.69 Å². The van der Waals surface area contributed by atoms with Gasteiger partial charge in [0.05, 0.1) is 32.1 Å². The standard InChI is InChI=1S/C15H9Cl2N3O5S2/c1-25-12(21)6-19-9-4-7(20(23)24)2-3-10(9)26-15(19)18-14(22)8-5-11(16)27-13(8)17/h2-5H,6H2,1H3. The first-order chi connectivity index (χ1) is 12.8. The SMILES string of the molecule is COC(=O)Cn1c(=NC(=O)c2cc(Cl)sc2Cl)sc2ccc([N+](=O)[O-])cc21. The van der Waals surface area contributed by atoms with Crippen LogP contribution in [0.3, 0.4) is 0 Å². The topological polar surface area (TPSA) is 104 Å². The van der Waals surface area contributed by atoms with Gasteiger partial charge in [-0.1, -0.05) is 34.5 Å². The third-order valence-electron chi connectivity index (χ3n) is 3.48. The fraction of sp³-hybridized carbons (Fsp3) is 0.133. The number of non-ortho nitro benzene ring substituents is 1. The second-order valence-electron chi connectivity index (χ2n) is 5.11. The summed E-state index contributed by atoms with van der Waals surface area (Å²) in [5.74, 6) is -1.23. The number of esters is 1. The molecule has 0 fully saturated rings. The zero-order chi connectivity index (χ0) is 19.7. The van der Waals surface area contributed by atoms with Crippen LogP contribution in [0.1, 0.15) is 10.4 Å². The molecule has 0 unspecified atom stereocenters. The number of nitro groups is 1. The molecule has 0 spiro atoms. The number of hydrogen-bond acceptors (Lipinski definition) is 7. The molecular weight excluding hydrogens is 437 g/mol. The molecule has 1 amide bonds. The van der Waals surface area contributed by atoms with Crippen LogP contribution in [-0.2, 0) is 16.1 Å². The molecule has 0 N–H and O–H groups in total. The predicted octanol–water partition coefficient (Wildman–Crippen LogP) is 3.89. The lowest BCUT2D eigenvalue weighted by atomic mass is 10.3. The molecule has 0 radical (unpaired) electrons. The van der Waals surface area contributed by atoms with Gasteiger partial charge in [0.1, 0.15) is 10.9 Å². The Morgan fingerprint density at radius 2 is 2.04 bits per heavy atom. The first kappa shape index (κ1) is 19.5. The highest BCUT2D eigenvalue weighted by atomic mass is 35.5. The van der Waals surface area contributed by atoms with Gasteiger partial charge in [-0.2, -0.15) is 4.99 Å². The van der Waals surface area contributed by atoms with Crippen LogP contribution < -0.4 is 4.80 Å². The summed E-state index contributed by atoms with van der Waals surface area (Å²) in [6.45, 7) is -0.262. The minimum Gasteiger partial charge on any atom is -0.468 e. The Balaban J connectivity index is 2.19. The van der Waals surface area contributed by atoms with Gasteiger partial charge >= 0.3 is 5.97 Å². The third kappa shape index (κ3) is 4.03. The van der Waals surface area contributed by atoms with E-state index in [1.165, 1.54) is 35.9 Å². The molecule has 27 heavy (non-hydrogen) atoms. The van der Waals surface area contributed by atoms with Crippen LogP contribution >= 0.6 is 45.9 Å². The molecule has 0 aliphatic heterocycles. The summed E-state index contributed by atoms with van der Waals surface area (Å²) in [5, 5.41) is 11.0. The van der Waals surface area contributed by atoms with Crippen molar-refractivity contribution >= 4 is 73.7 Å².